The van der Waals surface area contributed by atoms with Gasteiger partial charge in [0.15, 0.2) is 9.84 Å². The van der Waals surface area contributed by atoms with Crippen molar-refractivity contribution in [3.8, 4) is 0 Å². The number of carbonyl (C=O) groups excluding carboxylic acids is 1. The maximum atomic E-state index is 13.1. The first kappa shape index (κ1) is 20.0. The lowest BCUT2D eigenvalue weighted by Crippen LogP contribution is -2.41. The molecule has 1 amide bonds. The molecule has 1 aliphatic rings. The Bertz CT molecular complexity index is 1070. The molecule has 1 saturated heterocycles. The molecule has 1 aliphatic heterocycles. The van der Waals surface area contributed by atoms with E-state index in [2.05, 4.69) is 25.9 Å². The van der Waals surface area contributed by atoms with Crippen LogP contribution in [0.5, 0.6) is 0 Å². The number of sulfone groups is 2. The standard InChI is InChI=1S/C15H16BrN3O6S2/c1-26(21,22)15-17-7-12(16)13(18-15)14(20)19(8-11-3-2-5-25-11)10-4-6-27(23,24)9-10/h2-3,5,7,10H,4,6,8-9H2,1H3/t10-/m1/s1. The Kier molecular flexibility index (Phi) is 5.41. The van der Waals surface area contributed by atoms with Crippen molar-refractivity contribution < 1.29 is 26.0 Å². The molecule has 0 aliphatic carbocycles. The number of aromatic nitrogens is 2. The van der Waals surface area contributed by atoms with Crippen molar-refractivity contribution in [2.24, 2.45) is 0 Å². The summed E-state index contributed by atoms with van der Waals surface area (Å²) in [5.74, 6) is -0.311. The van der Waals surface area contributed by atoms with Gasteiger partial charge in [0.05, 0.1) is 28.8 Å². The molecule has 27 heavy (non-hydrogen) atoms. The minimum atomic E-state index is -3.72. The third kappa shape index (κ3) is 4.55. The monoisotopic (exact) mass is 477 g/mol. The van der Waals surface area contributed by atoms with E-state index in [9.17, 15) is 21.6 Å². The van der Waals surface area contributed by atoms with Crippen molar-refractivity contribution in [3.05, 3.63) is 40.5 Å². The lowest BCUT2D eigenvalue weighted by molar-refractivity contribution is 0.0658. The van der Waals surface area contributed by atoms with Gasteiger partial charge in [0, 0.05) is 18.5 Å². The zero-order valence-corrected chi connectivity index (χ0v) is 17.4. The van der Waals surface area contributed by atoms with Crippen molar-refractivity contribution in [2.45, 2.75) is 24.2 Å². The van der Waals surface area contributed by atoms with Crippen molar-refractivity contribution in [2.75, 3.05) is 17.8 Å². The average molecular weight is 478 g/mol. The summed E-state index contributed by atoms with van der Waals surface area (Å²) < 4.78 is 52.7. The number of amides is 1. The van der Waals surface area contributed by atoms with Gasteiger partial charge in [-0.25, -0.2) is 26.8 Å². The maximum absolute atomic E-state index is 13.1. The van der Waals surface area contributed by atoms with Gasteiger partial charge in [-0.05, 0) is 34.5 Å². The Morgan fingerprint density at radius 3 is 2.74 bits per heavy atom. The third-order valence-electron chi connectivity index (χ3n) is 4.07. The van der Waals surface area contributed by atoms with Crippen LogP contribution in [0, 0.1) is 0 Å². The van der Waals surface area contributed by atoms with Crippen molar-refractivity contribution in [3.63, 3.8) is 0 Å². The van der Waals surface area contributed by atoms with E-state index < -0.39 is 36.8 Å². The predicted molar refractivity (Wildman–Crippen MR) is 98.5 cm³/mol. The summed E-state index contributed by atoms with van der Waals surface area (Å²) in [4.78, 5) is 22.1. The maximum Gasteiger partial charge on any atom is 0.274 e. The van der Waals surface area contributed by atoms with Gasteiger partial charge in [-0.15, -0.1) is 0 Å². The van der Waals surface area contributed by atoms with Crippen molar-refractivity contribution >= 4 is 41.5 Å². The highest BCUT2D eigenvalue weighted by Crippen LogP contribution is 2.25. The Morgan fingerprint density at radius 1 is 1.44 bits per heavy atom. The summed E-state index contributed by atoms with van der Waals surface area (Å²) in [7, 11) is -6.96. The molecule has 0 radical (unpaired) electrons. The lowest BCUT2D eigenvalue weighted by atomic mass is 10.2. The van der Waals surface area contributed by atoms with Crippen LogP contribution in [0.3, 0.4) is 0 Å². The first-order chi connectivity index (χ1) is 12.6. The fourth-order valence-electron chi connectivity index (χ4n) is 2.77. The zero-order valence-electron chi connectivity index (χ0n) is 14.2. The number of hydrogen-bond acceptors (Lipinski definition) is 8. The van der Waals surface area contributed by atoms with E-state index in [4.69, 9.17) is 4.42 Å². The SMILES string of the molecule is CS(=O)(=O)c1ncc(Br)c(C(=O)N(Cc2ccco2)[C@@H]2CCS(=O)(=O)C2)n1. The van der Waals surface area contributed by atoms with Crippen LogP contribution in [0.4, 0.5) is 0 Å². The Morgan fingerprint density at radius 2 is 2.19 bits per heavy atom. The van der Waals surface area contributed by atoms with Crippen molar-refractivity contribution in [1.82, 2.24) is 14.9 Å². The summed E-state index contributed by atoms with van der Waals surface area (Å²) in [6, 6.07) is 2.77. The molecule has 0 unspecified atom stereocenters. The molecule has 0 aromatic carbocycles. The summed E-state index contributed by atoms with van der Waals surface area (Å²) in [5.41, 5.74) is -0.152. The van der Waals surface area contributed by atoms with Crippen LogP contribution in [0.15, 0.2) is 38.6 Å². The average Bonchev–Trinajstić information content (AvgIpc) is 3.20. The molecule has 0 N–H and O–H groups in total. The van der Waals surface area contributed by atoms with Gasteiger partial charge in [0.25, 0.3) is 5.91 Å². The van der Waals surface area contributed by atoms with E-state index in [1.165, 1.54) is 17.4 Å². The molecule has 0 saturated carbocycles. The van der Waals surface area contributed by atoms with Crippen LogP contribution in [-0.4, -0.2) is 61.4 Å². The second kappa shape index (κ2) is 7.32. The topological polar surface area (TPSA) is 128 Å². The molecule has 12 heteroatoms. The van der Waals surface area contributed by atoms with E-state index in [0.29, 0.717) is 5.76 Å². The van der Waals surface area contributed by atoms with Gasteiger partial charge in [-0.2, -0.15) is 0 Å². The van der Waals surface area contributed by atoms with E-state index in [1.54, 1.807) is 12.1 Å². The molecule has 2 aromatic heterocycles. The summed E-state index contributed by atoms with van der Waals surface area (Å²) in [6.07, 6.45) is 3.86. The fraction of sp³-hybridized carbons (Fsp3) is 0.400. The summed E-state index contributed by atoms with van der Waals surface area (Å²) in [6.45, 7) is 0.0384. The van der Waals surface area contributed by atoms with Gasteiger partial charge in [-0.1, -0.05) is 0 Å². The Labute approximate surface area is 164 Å². The lowest BCUT2D eigenvalue weighted by Gasteiger charge is -2.27. The van der Waals surface area contributed by atoms with Crippen LogP contribution in [0.25, 0.3) is 0 Å². The highest BCUT2D eigenvalue weighted by molar-refractivity contribution is 9.10. The van der Waals surface area contributed by atoms with E-state index in [0.717, 1.165) is 6.26 Å². The molecular weight excluding hydrogens is 462 g/mol. The number of nitrogens with zero attached hydrogens (tertiary/aromatic N) is 3. The number of hydrogen-bond donors (Lipinski definition) is 0. The van der Waals surface area contributed by atoms with Gasteiger partial charge in [-0.3, -0.25) is 4.79 Å². The Balaban J connectivity index is 2.00. The molecule has 0 bridgehead atoms. The number of carbonyl (C=O) groups is 1. The van der Waals surface area contributed by atoms with E-state index >= 15 is 0 Å². The molecule has 9 nitrogen and oxygen atoms in total. The molecule has 1 fully saturated rings. The minimum absolute atomic E-state index is 0.0147. The Hall–Kier alpha value is -1.79. The number of furan rings is 1. The second-order valence-electron chi connectivity index (χ2n) is 6.19. The quantitative estimate of drug-likeness (QED) is 0.584. The smallest absolute Gasteiger partial charge is 0.274 e. The van der Waals surface area contributed by atoms with Crippen molar-refractivity contribution in [1.29, 1.82) is 0 Å². The predicted octanol–water partition coefficient (Wildman–Crippen LogP) is 1.07. The van der Waals surface area contributed by atoms with Crippen LogP contribution < -0.4 is 0 Å². The zero-order chi connectivity index (χ0) is 19.8. The van der Waals surface area contributed by atoms with Gasteiger partial charge in [0.1, 0.15) is 11.5 Å². The molecule has 1 atom stereocenters. The second-order valence-corrected chi connectivity index (χ2v) is 11.2. The molecular formula is C15H16BrN3O6S2. The van der Waals surface area contributed by atoms with Crippen LogP contribution in [0.1, 0.15) is 22.7 Å². The summed E-state index contributed by atoms with van der Waals surface area (Å²) in [5, 5.41) is -0.481. The van der Waals surface area contributed by atoms with Gasteiger partial charge < -0.3 is 9.32 Å². The van der Waals surface area contributed by atoms with Gasteiger partial charge >= 0.3 is 0 Å². The van der Waals surface area contributed by atoms with Gasteiger partial charge in [0.2, 0.25) is 15.0 Å². The molecule has 3 heterocycles. The first-order valence-corrected chi connectivity index (χ1v) is 12.3. The molecule has 0 spiro atoms. The van der Waals surface area contributed by atoms with Crippen LogP contribution >= 0.6 is 15.9 Å². The first-order valence-electron chi connectivity index (χ1n) is 7.83. The normalized spacial score (nSPS) is 19.1. The number of rotatable bonds is 5. The highest BCUT2D eigenvalue weighted by Gasteiger charge is 2.36. The number of halogens is 1. The van der Waals surface area contributed by atoms with Crippen LogP contribution in [0.2, 0.25) is 0 Å². The minimum Gasteiger partial charge on any atom is -0.467 e. The molecule has 2 aromatic rings. The molecule has 3 rings (SSSR count). The molecule has 146 valence electrons. The summed E-state index contributed by atoms with van der Waals surface area (Å²) >= 11 is 3.17. The highest BCUT2D eigenvalue weighted by atomic mass is 79.9. The van der Waals surface area contributed by atoms with E-state index in [-0.39, 0.29) is 34.6 Å². The third-order valence-corrected chi connectivity index (χ3v) is 7.26. The van der Waals surface area contributed by atoms with E-state index in [1.807, 2.05) is 0 Å². The largest absolute Gasteiger partial charge is 0.467 e. The fourth-order valence-corrected chi connectivity index (χ4v) is 5.37. The van der Waals surface area contributed by atoms with Crippen LogP contribution in [-0.2, 0) is 26.2 Å².